The van der Waals surface area contributed by atoms with Gasteiger partial charge in [-0.3, -0.25) is 4.40 Å². The van der Waals surface area contributed by atoms with E-state index in [9.17, 15) is 0 Å². The van der Waals surface area contributed by atoms with Crippen LogP contribution < -0.4 is 0 Å². The lowest BCUT2D eigenvalue weighted by Crippen LogP contribution is -2.01. The third-order valence-electron chi connectivity index (χ3n) is 4.60. The molecule has 3 aromatic heterocycles. The van der Waals surface area contributed by atoms with Gasteiger partial charge in [0.2, 0.25) is 0 Å². The smallest absolute Gasteiger partial charge is 0.146 e. The van der Waals surface area contributed by atoms with Gasteiger partial charge in [0.1, 0.15) is 16.6 Å². The van der Waals surface area contributed by atoms with Crippen LogP contribution in [0.15, 0.2) is 31.0 Å². The Morgan fingerprint density at radius 3 is 2.52 bits per heavy atom. The molecule has 3 aromatic rings. The molecule has 27 heavy (non-hydrogen) atoms. The summed E-state index contributed by atoms with van der Waals surface area (Å²) >= 11 is 6.64. The van der Waals surface area contributed by atoms with Gasteiger partial charge in [0, 0.05) is 29.6 Å². The first-order valence-corrected chi connectivity index (χ1v) is 9.63. The van der Waals surface area contributed by atoms with E-state index in [1.54, 1.807) is 0 Å². The third-order valence-corrected chi connectivity index (χ3v) is 5.00. The molecule has 3 heterocycles. The van der Waals surface area contributed by atoms with Crippen LogP contribution >= 0.6 is 11.6 Å². The fraction of sp³-hybridized carbons (Fsp3) is 0.318. The van der Waals surface area contributed by atoms with Crippen LogP contribution in [0.4, 0.5) is 0 Å². The summed E-state index contributed by atoms with van der Waals surface area (Å²) in [5.74, 6) is 0.828. The van der Waals surface area contributed by atoms with Gasteiger partial charge in [0.15, 0.2) is 0 Å². The molecule has 0 atom stereocenters. The fourth-order valence-electron chi connectivity index (χ4n) is 3.27. The van der Waals surface area contributed by atoms with E-state index in [0.29, 0.717) is 18.0 Å². The number of hydrogen-bond donors (Lipinski definition) is 0. The van der Waals surface area contributed by atoms with E-state index in [-0.39, 0.29) is 0 Å². The first-order chi connectivity index (χ1) is 12.9. The highest BCUT2D eigenvalue weighted by molar-refractivity contribution is 6.30. The molecule has 0 unspecified atom stereocenters. The molecule has 4 nitrogen and oxygen atoms in total. The Balaban J connectivity index is 2.00. The van der Waals surface area contributed by atoms with Crippen molar-refractivity contribution >= 4 is 28.9 Å². The topological polar surface area (TPSA) is 43.1 Å². The molecule has 0 aliphatic heterocycles. The summed E-state index contributed by atoms with van der Waals surface area (Å²) in [4.78, 5) is 13.9. The number of fused-ring (bicyclic) bond motifs is 1. The second-order valence-corrected chi connectivity index (χ2v) is 7.07. The molecule has 0 N–H and O–H groups in total. The Morgan fingerprint density at radius 1 is 1.19 bits per heavy atom. The lowest BCUT2D eigenvalue weighted by atomic mass is 10.0. The molecule has 0 saturated carbocycles. The number of imidazole rings is 1. The van der Waals surface area contributed by atoms with Crippen molar-refractivity contribution in [1.82, 2.24) is 19.4 Å². The van der Waals surface area contributed by atoms with Crippen molar-refractivity contribution in [3.05, 3.63) is 70.2 Å². The minimum atomic E-state index is 0.647. The standard InChI is InChI=1S/C22H25ClN4/c1-6-8-18-17(14(3)7-2)11-12-27-21(23)19(26-22(18)27)9-10-20-24-15(4)13-16(5)25-20/h6,8,11-13H,3,7,9-10H2,1-2,4-5H3. The zero-order valence-electron chi connectivity index (χ0n) is 16.4. The summed E-state index contributed by atoms with van der Waals surface area (Å²) < 4.78 is 1.95. The number of aromatic nitrogens is 4. The zero-order chi connectivity index (χ0) is 19.6. The first kappa shape index (κ1) is 19.3. The molecular weight excluding hydrogens is 356 g/mol. The van der Waals surface area contributed by atoms with Gasteiger partial charge in [-0.05, 0) is 56.9 Å². The number of aryl methyl sites for hydroxylation is 4. The van der Waals surface area contributed by atoms with Crippen LogP contribution in [-0.4, -0.2) is 19.4 Å². The van der Waals surface area contributed by atoms with Gasteiger partial charge in [0.25, 0.3) is 0 Å². The summed E-state index contributed by atoms with van der Waals surface area (Å²) in [5.41, 5.74) is 6.96. The minimum absolute atomic E-state index is 0.647. The largest absolute Gasteiger partial charge is 0.290 e. The van der Waals surface area contributed by atoms with Crippen molar-refractivity contribution in [1.29, 1.82) is 0 Å². The molecule has 140 valence electrons. The number of halogens is 1. The van der Waals surface area contributed by atoms with Crippen LogP contribution in [0.25, 0.3) is 17.3 Å². The SMILES string of the molecule is C=C(CC)c1ccn2c(Cl)c(CCc3nc(C)cc(C)n3)nc2c1C=CC. The highest BCUT2D eigenvalue weighted by Gasteiger charge is 2.16. The number of rotatable bonds is 6. The fourth-order valence-corrected chi connectivity index (χ4v) is 3.55. The average Bonchev–Trinajstić information content (AvgIpc) is 2.95. The third kappa shape index (κ3) is 3.96. The van der Waals surface area contributed by atoms with Crippen LogP contribution in [0.1, 0.15) is 54.3 Å². The number of nitrogens with zero attached hydrogens (tertiary/aromatic N) is 4. The summed E-state index contributed by atoms with van der Waals surface area (Å²) in [5, 5.41) is 0.647. The highest BCUT2D eigenvalue weighted by atomic mass is 35.5. The summed E-state index contributed by atoms with van der Waals surface area (Å²) in [6.45, 7) is 12.3. The second kappa shape index (κ2) is 8.05. The van der Waals surface area contributed by atoms with Crippen LogP contribution in [0.2, 0.25) is 5.15 Å². The van der Waals surface area contributed by atoms with Crippen molar-refractivity contribution < 1.29 is 0 Å². The normalized spacial score (nSPS) is 11.6. The molecule has 0 bridgehead atoms. The van der Waals surface area contributed by atoms with Gasteiger partial charge < -0.3 is 0 Å². The Kier molecular flexibility index (Phi) is 5.76. The Morgan fingerprint density at radius 2 is 1.89 bits per heavy atom. The van der Waals surface area contributed by atoms with Crippen LogP contribution in [0.3, 0.4) is 0 Å². The zero-order valence-corrected chi connectivity index (χ0v) is 17.1. The molecule has 0 aromatic carbocycles. The lowest BCUT2D eigenvalue weighted by molar-refractivity contribution is 0.822. The van der Waals surface area contributed by atoms with E-state index < -0.39 is 0 Å². The Bertz CT molecular complexity index is 1010. The van der Waals surface area contributed by atoms with E-state index in [2.05, 4.69) is 35.6 Å². The van der Waals surface area contributed by atoms with E-state index in [1.807, 2.05) is 43.5 Å². The summed E-state index contributed by atoms with van der Waals surface area (Å²) in [6.07, 6.45) is 8.37. The molecule has 3 rings (SSSR count). The summed E-state index contributed by atoms with van der Waals surface area (Å²) in [6, 6.07) is 4.05. The molecule has 0 saturated heterocycles. The van der Waals surface area contributed by atoms with E-state index in [1.165, 1.54) is 0 Å². The summed E-state index contributed by atoms with van der Waals surface area (Å²) in [7, 11) is 0. The van der Waals surface area contributed by atoms with Gasteiger partial charge in [-0.1, -0.05) is 37.3 Å². The van der Waals surface area contributed by atoms with Crippen molar-refractivity contribution in [3.63, 3.8) is 0 Å². The van der Waals surface area contributed by atoms with E-state index in [4.69, 9.17) is 16.6 Å². The number of pyridine rings is 1. The minimum Gasteiger partial charge on any atom is -0.290 e. The van der Waals surface area contributed by atoms with Crippen molar-refractivity contribution in [2.45, 2.75) is 47.0 Å². The molecular formula is C22H25ClN4. The molecule has 0 aliphatic rings. The van der Waals surface area contributed by atoms with Crippen molar-refractivity contribution in [2.75, 3.05) is 0 Å². The van der Waals surface area contributed by atoms with Gasteiger partial charge in [-0.25, -0.2) is 15.0 Å². The first-order valence-electron chi connectivity index (χ1n) is 9.26. The van der Waals surface area contributed by atoms with Gasteiger partial charge in [-0.15, -0.1) is 0 Å². The maximum atomic E-state index is 6.64. The van der Waals surface area contributed by atoms with Crippen LogP contribution in [0, 0.1) is 13.8 Å². The van der Waals surface area contributed by atoms with Gasteiger partial charge in [-0.2, -0.15) is 0 Å². The number of hydrogen-bond acceptors (Lipinski definition) is 3. The van der Waals surface area contributed by atoms with Crippen LogP contribution in [-0.2, 0) is 12.8 Å². The van der Waals surface area contributed by atoms with Crippen LogP contribution in [0.5, 0.6) is 0 Å². The molecule has 0 aliphatic carbocycles. The maximum Gasteiger partial charge on any atom is 0.146 e. The second-order valence-electron chi connectivity index (χ2n) is 6.71. The molecule has 0 radical (unpaired) electrons. The predicted molar refractivity (Wildman–Crippen MR) is 113 cm³/mol. The molecule has 0 fully saturated rings. The molecule has 0 spiro atoms. The Hall–Kier alpha value is -2.46. The quantitative estimate of drug-likeness (QED) is 0.556. The monoisotopic (exact) mass is 380 g/mol. The van der Waals surface area contributed by atoms with Gasteiger partial charge >= 0.3 is 0 Å². The van der Waals surface area contributed by atoms with Crippen molar-refractivity contribution in [3.8, 4) is 0 Å². The number of allylic oxidation sites excluding steroid dienone is 2. The predicted octanol–water partition coefficient (Wildman–Crippen LogP) is 5.64. The van der Waals surface area contributed by atoms with Crippen molar-refractivity contribution in [2.24, 2.45) is 0 Å². The maximum absolute atomic E-state index is 6.64. The van der Waals surface area contributed by atoms with Gasteiger partial charge in [0.05, 0.1) is 5.69 Å². The Labute approximate surface area is 165 Å². The van der Waals surface area contributed by atoms with E-state index >= 15 is 0 Å². The highest BCUT2D eigenvalue weighted by Crippen LogP contribution is 2.29. The molecule has 0 amide bonds. The average molecular weight is 381 g/mol. The molecule has 5 heteroatoms. The van der Waals surface area contributed by atoms with E-state index in [0.717, 1.165) is 51.7 Å². The lowest BCUT2D eigenvalue weighted by Gasteiger charge is -2.09.